The van der Waals surface area contributed by atoms with Crippen LogP contribution in [0.2, 0.25) is 0 Å². The number of pyridine rings is 1. The number of rotatable bonds is 2. The highest BCUT2D eigenvalue weighted by Crippen LogP contribution is 2.37. The molecule has 5 heteroatoms. The van der Waals surface area contributed by atoms with Gasteiger partial charge in [0.15, 0.2) is 5.82 Å². The average Bonchev–Trinajstić information content (AvgIpc) is 2.96. The van der Waals surface area contributed by atoms with E-state index in [1.807, 2.05) is 18.2 Å². The van der Waals surface area contributed by atoms with Crippen LogP contribution in [0.3, 0.4) is 0 Å². The summed E-state index contributed by atoms with van der Waals surface area (Å²) < 4.78 is 0. The molecule has 0 aromatic carbocycles. The van der Waals surface area contributed by atoms with E-state index in [0.29, 0.717) is 5.92 Å². The van der Waals surface area contributed by atoms with Gasteiger partial charge in [0.25, 0.3) is 5.56 Å². The molecule has 4 rings (SSSR count). The van der Waals surface area contributed by atoms with Crippen LogP contribution in [0.15, 0.2) is 28.1 Å². The summed E-state index contributed by atoms with van der Waals surface area (Å²) in [7, 11) is 0. The minimum absolute atomic E-state index is 0.0647. The van der Waals surface area contributed by atoms with Crippen LogP contribution in [0.4, 0.5) is 5.82 Å². The van der Waals surface area contributed by atoms with Crippen molar-refractivity contribution in [2.24, 2.45) is 4.99 Å². The van der Waals surface area contributed by atoms with Crippen LogP contribution < -0.4 is 5.56 Å². The van der Waals surface area contributed by atoms with E-state index in [2.05, 4.69) is 20.2 Å². The lowest BCUT2D eigenvalue weighted by molar-refractivity contribution is 0.410. The van der Waals surface area contributed by atoms with Gasteiger partial charge in [-0.25, -0.2) is 9.98 Å². The van der Waals surface area contributed by atoms with E-state index in [1.54, 1.807) is 12.4 Å². The summed E-state index contributed by atoms with van der Waals surface area (Å²) in [6.07, 6.45) is 8.95. The van der Waals surface area contributed by atoms with Crippen molar-refractivity contribution in [1.82, 2.24) is 15.2 Å². The van der Waals surface area contributed by atoms with Crippen molar-refractivity contribution in [3.05, 3.63) is 45.5 Å². The number of aromatic nitrogens is 3. The Hall–Kier alpha value is -2.43. The highest BCUT2D eigenvalue weighted by Gasteiger charge is 2.25. The first kappa shape index (κ1) is 11.4. The van der Waals surface area contributed by atoms with Gasteiger partial charge in [-0.3, -0.25) is 9.89 Å². The SMILES string of the molecule is O=c1[nH][nH]c(C2CCC2)c1C=C1C=Nc2ncccc21. The summed E-state index contributed by atoms with van der Waals surface area (Å²) >= 11 is 0. The van der Waals surface area contributed by atoms with Crippen LogP contribution in [0.1, 0.15) is 42.0 Å². The van der Waals surface area contributed by atoms with Crippen molar-refractivity contribution in [2.75, 3.05) is 0 Å². The normalized spacial score (nSPS) is 19.3. The van der Waals surface area contributed by atoms with Crippen LogP contribution in [0.5, 0.6) is 0 Å². The highest BCUT2D eigenvalue weighted by atomic mass is 16.1. The Kier molecular flexibility index (Phi) is 2.45. The Morgan fingerprint density at radius 3 is 3.00 bits per heavy atom. The minimum atomic E-state index is -0.0647. The van der Waals surface area contributed by atoms with Gasteiger partial charge in [-0.1, -0.05) is 6.42 Å². The monoisotopic (exact) mass is 266 g/mol. The van der Waals surface area contributed by atoms with Crippen LogP contribution in [-0.2, 0) is 0 Å². The van der Waals surface area contributed by atoms with E-state index in [0.717, 1.165) is 41.1 Å². The van der Waals surface area contributed by atoms with Crippen LogP contribution in [-0.4, -0.2) is 21.4 Å². The summed E-state index contributed by atoms with van der Waals surface area (Å²) in [5, 5.41) is 5.73. The topological polar surface area (TPSA) is 73.9 Å². The van der Waals surface area contributed by atoms with Gasteiger partial charge in [-0.05, 0) is 31.1 Å². The number of fused-ring (bicyclic) bond motifs is 1. The fraction of sp³-hybridized carbons (Fsp3) is 0.267. The lowest BCUT2D eigenvalue weighted by Crippen LogP contribution is -2.12. The zero-order chi connectivity index (χ0) is 13.5. The first-order chi connectivity index (χ1) is 9.83. The zero-order valence-electron chi connectivity index (χ0n) is 10.9. The first-order valence-electron chi connectivity index (χ1n) is 6.84. The fourth-order valence-electron chi connectivity index (χ4n) is 2.74. The second-order valence-corrected chi connectivity index (χ2v) is 5.27. The van der Waals surface area contributed by atoms with E-state index in [9.17, 15) is 4.79 Å². The van der Waals surface area contributed by atoms with E-state index >= 15 is 0 Å². The lowest BCUT2D eigenvalue weighted by atomic mass is 9.81. The molecule has 0 radical (unpaired) electrons. The number of nitrogens with zero attached hydrogens (tertiary/aromatic N) is 2. The first-order valence-corrected chi connectivity index (χ1v) is 6.84. The molecule has 1 aliphatic heterocycles. The summed E-state index contributed by atoms with van der Waals surface area (Å²) in [4.78, 5) is 20.5. The Morgan fingerprint density at radius 2 is 2.20 bits per heavy atom. The van der Waals surface area contributed by atoms with Crippen molar-refractivity contribution in [2.45, 2.75) is 25.2 Å². The van der Waals surface area contributed by atoms with Gasteiger partial charge in [0.2, 0.25) is 0 Å². The van der Waals surface area contributed by atoms with Gasteiger partial charge in [0.1, 0.15) is 0 Å². The standard InChI is InChI=1S/C15H14N4O/c20-15-12(13(18-19-15)9-3-1-4-9)7-10-8-17-14-11(10)5-2-6-16-14/h2,5-9H,1,3-4H2,(H2,18,19,20). The predicted octanol–water partition coefficient (Wildman–Crippen LogP) is 2.62. The molecule has 2 N–H and O–H groups in total. The molecule has 5 nitrogen and oxygen atoms in total. The van der Waals surface area contributed by atoms with Crippen molar-refractivity contribution >= 4 is 23.7 Å². The molecule has 2 aromatic heterocycles. The molecule has 2 aliphatic rings. The van der Waals surface area contributed by atoms with Crippen molar-refractivity contribution in [1.29, 1.82) is 0 Å². The van der Waals surface area contributed by atoms with Gasteiger partial charge in [0, 0.05) is 35.2 Å². The number of allylic oxidation sites excluding steroid dienone is 1. The number of hydrogen-bond acceptors (Lipinski definition) is 3. The van der Waals surface area contributed by atoms with Gasteiger partial charge >= 0.3 is 0 Å². The van der Waals surface area contributed by atoms with Gasteiger partial charge in [0.05, 0.1) is 5.56 Å². The van der Waals surface area contributed by atoms with Gasteiger partial charge < -0.3 is 5.10 Å². The highest BCUT2D eigenvalue weighted by molar-refractivity contribution is 6.20. The van der Waals surface area contributed by atoms with E-state index in [-0.39, 0.29) is 5.56 Å². The Bertz CT molecular complexity index is 777. The summed E-state index contributed by atoms with van der Waals surface area (Å²) in [5.74, 6) is 1.20. The molecule has 0 amide bonds. The third-order valence-electron chi connectivity index (χ3n) is 4.08. The maximum atomic E-state index is 12.0. The van der Waals surface area contributed by atoms with E-state index in [1.165, 1.54) is 6.42 Å². The second kappa shape index (κ2) is 4.30. The summed E-state index contributed by atoms with van der Waals surface area (Å²) in [5.41, 5.74) is 3.61. The van der Waals surface area contributed by atoms with Crippen LogP contribution in [0.25, 0.3) is 11.6 Å². The average molecular weight is 266 g/mol. The molecule has 0 unspecified atom stereocenters. The van der Waals surface area contributed by atoms with Crippen molar-refractivity contribution in [3.8, 4) is 0 Å². The zero-order valence-corrected chi connectivity index (χ0v) is 10.9. The van der Waals surface area contributed by atoms with Gasteiger partial charge in [-0.15, -0.1) is 0 Å². The van der Waals surface area contributed by atoms with Crippen LogP contribution in [0, 0.1) is 0 Å². The Balaban J connectivity index is 1.80. The Morgan fingerprint density at radius 1 is 1.30 bits per heavy atom. The van der Waals surface area contributed by atoms with E-state index < -0.39 is 0 Å². The molecule has 20 heavy (non-hydrogen) atoms. The molecule has 0 atom stereocenters. The van der Waals surface area contributed by atoms with Gasteiger partial charge in [-0.2, -0.15) is 0 Å². The fourth-order valence-corrected chi connectivity index (χ4v) is 2.74. The quantitative estimate of drug-likeness (QED) is 0.876. The molecule has 2 aromatic rings. The number of H-pyrrole nitrogens is 2. The molecule has 0 spiro atoms. The minimum Gasteiger partial charge on any atom is -0.301 e. The number of hydrogen-bond donors (Lipinski definition) is 2. The number of aromatic amines is 2. The molecule has 3 heterocycles. The Labute approximate surface area is 115 Å². The molecule has 0 bridgehead atoms. The van der Waals surface area contributed by atoms with Crippen LogP contribution >= 0.6 is 0 Å². The molecule has 1 fully saturated rings. The third kappa shape index (κ3) is 1.66. The number of nitrogens with one attached hydrogen (secondary N) is 2. The predicted molar refractivity (Wildman–Crippen MR) is 78.3 cm³/mol. The maximum absolute atomic E-state index is 12.0. The summed E-state index contributed by atoms with van der Waals surface area (Å²) in [6.45, 7) is 0. The molecule has 100 valence electrons. The summed E-state index contributed by atoms with van der Waals surface area (Å²) in [6, 6.07) is 3.86. The molecular weight excluding hydrogens is 252 g/mol. The molecule has 1 saturated carbocycles. The molecular formula is C15H14N4O. The maximum Gasteiger partial charge on any atom is 0.271 e. The third-order valence-corrected chi connectivity index (χ3v) is 4.08. The molecule has 1 aliphatic carbocycles. The largest absolute Gasteiger partial charge is 0.301 e. The number of aliphatic imine (C=N–C) groups is 1. The van der Waals surface area contributed by atoms with E-state index in [4.69, 9.17) is 0 Å². The van der Waals surface area contributed by atoms with Crippen molar-refractivity contribution < 1.29 is 0 Å². The smallest absolute Gasteiger partial charge is 0.271 e. The second-order valence-electron chi connectivity index (χ2n) is 5.27. The van der Waals surface area contributed by atoms with Crippen molar-refractivity contribution in [3.63, 3.8) is 0 Å². The lowest BCUT2D eigenvalue weighted by Gasteiger charge is -2.24. The molecule has 0 saturated heterocycles.